The van der Waals surface area contributed by atoms with E-state index in [1.54, 1.807) is 0 Å². The average Bonchev–Trinajstić information content (AvgIpc) is 3.10. The molecule has 0 unspecified atom stereocenters. The Balaban J connectivity index is 1.40. The number of nitrogens with zero attached hydrogens (tertiary/aromatic N) is 1. The van der Waals surface area contributed by atoms with E-state index in [0.717, 1.165) is 23.0 Å². The van der Waals surface area contributed by atoms with E-state index >= 15 is 0 Å². The van der Waals surface area contributed by atoms with Crippen LogP contribution >= 0.6 is 0 Å². The van der Waals surface area contributed by atoms with Crippen molar-refractivity contribution in [1.29, 1.82) is 0 Å². The summed E-state index contributed by atoms with van der Waals surface area (Å²) in [5, 5.41) is 2.74. The van der Waals surface area contributed by atoms with Gasteiger partial charge in [-0.15, -0.1) is 0 Å². The number of anilines is 1. The minimum atomic E-state index is -0.261. The zero-order valence-corrected chi connectivity index (χ0v) is 14.7. The summed E-state index contributed by atoms with van der Waals surface area (Å²) in [4.78, 5) is 19.6. The first-order chi connectivity index (χ1) is 13.3. The smallest absolute Gasteiger partial charge is 0.264 e. The number of hydrogen-bond donors (Lipinski definition) is 2. The number of aromatic amines is 1. The second kappa shape index (κ2) is 7.74. The molecule has 0 bridgehead atoms. The molecule has 0 aliphatic heterocycles. The Hall–Kier alpha value is -3.60. The number of benzene rings is 3. The number of aromatic nitrogens is 2. The van der Waals surface area contributed by atoms with Crippen LogP contribution in [0.5, 0.6) is 5.75 Å². The summed E-state index contributed by atoms with van der Waals surface area (Å²) in [6.45, 7) is -0.0805. The summed E-state index contributed by atoms with van der Waals surface area (Å²) < 4.78 is 5.76. The molecule has 0 saturated carbocycles. The predicted octanol–water partition coefficient (Wildman–Crippen LogP) is 4.17. The van der Waals surface area contributed by atoms with Gasteiger partial charge in [0.15, 0.2) is 6.61 Å². The summed E-state index contributed by atoms with van der Waals surface area (Å²) in [5.74, 6) is 0.868. The molecule has 1 heterocycles. The first-order valence-corrected chi connectivity index (χ1v) is 8.77. The lowest BCUT2D eigenvalue weighted by Gasteiger charge is -2.11. The Morgan fingerprint density at radius 3 is 2.52 bits per heavy atom. The number of fused-ring (bicyclic) bond motifs is 1. The fourth-order valence-electron chi connectivity index (χ4n) is 2.93. The van der Waals surface area contributed by atoms with Crippen LogP contribution in [-0.4, -0.2) is 22.5 Å². The van der Waals surface area contributed by atoms with E-state index in [4.69, 9.17) is 4.74 Å². The Morgan fingerprint density at radius 1 is 0.926 bits per heavy atom. The minimum absolute atomic E-state index is 0.0805. The molecule has 27 heavy (non-hydrogen) atoms. The summed E-state index contributed by atoms with van der Waals surface area (Å²) >= 11 is 0. The van der Waals surface area contributed by atoms with E-state index in [1.165, 1.54) is 5.56 Å². The third kappa shape index (κ3) is 4.15. The fourth-order valence-corrected chi connectivity index (χ4v) is 2.93. The molecule has 0 aliphatic rings. The molecule has 4 rings (SSSR count). The van der Waals surface area contributed by atoms with Crippen LogP contribution in [-0.2, 0) is 11.2 Å². The molecule has 2 N–H and O–H groups in total. The molecule has 0 aliphatic carbocycles. The van der Waals surface area contributed by atoms with Crippen LogP contribution in [0.2, 0.25) is 0 Å². The second-order valence-corrected chi connectivity index (χ2v) is 6.21. The quantitative estimate of drug-likeness (QED) is 0.544. The van der Waals surface area contributed by atoms with Gasteiger partial charge in [-0.25, -0.2) is 4.98 Å². The predicted molar refractivity (Wildman–Crippen MR) is 106 cm³/mol. The maximum Gasteiger partial charge on any atom is 0.264 e. The molecule has 5 heteroatoms. The van der Waals surface area contributed by atoms with Crippen LogP contribution in [0, 0.1) is 0 Å². The van der Waals surface area contributed by atoms with Gasteiger partial charge in [-0.2, -0.15) is 0 Å². The zero-order valence-electron chi connectivity index (χ0n) is 14.7. The number of nitrogens with one attached hydrogen (secondary N) is 2. The number of rotatable bonds is 6. The number of imidazole rings is 1. The standard InChI is InChI=1S/C22H19N3O2/c26-21(25-22-23-18-11-5-6-12-19(18)24-22)15-27-20-13-7-4-10-17(20)14-16-8-2-1-3-9-16/h1-13H,14-15H2,(H2,23,24,25,26). The van der Waals surface area contributed by atoms with Gasteiger partial charge in [-0.05, 0) is 29.3 Å². The number of carbonyl (C=O) groups is 1. The van der Waals surface area contributed by atoms with Crippen LogP contribution in [0.15, 0.2) is 78.9 Å². The highest BCUT2D eigenvalue weighted by molar-refractivity contribution is 5.92. The monoisotopic (exact) mass is 357 g/mol. The van der Waals surface area contributed by atoms with E-state index in [-0.39, 0.29) is 12.5 Å². The molecule has 1 amide bonds. The maximum absolute atomic E-state index is 12.2. The van der Waals surface area contributed by atoms with E-state index in [2.05, 4.69) is 27.4 Å². The number of hydrogen-bond acceptors (Lipinski definition) is 3. The molecule has 1 aromatic heterocycles. The highest BCUT2D eigenvalue weighted by Crippen LogP contribution is 2.21. The van der Waals surface area contributed by atoms with E-state index in [9.17, 15) is 4.79 Å². The Labute approximate surface area is 157 Å². The normalized spacial score (nSPS) is 10.7. The lowest BCUT2D eigenvalue weighted by Crippen LogP contribution is -2.21. The van der Waals surface area contributed by atoms with Gasteiger partial charge in [0.1, 0.15) is 5.75 Å². The van der Waals surface area contributed by atoms with Crippen LogP contribution < -0.4 is 10.1 Å². The SMILES string of the molecule is O=C(COc1ccccc1Cc1ccccc1)Nc1nc2ccccc2[nH]1. The highest BCUT2D eigenvalue weighted by atomic mass is 16.5. The van der Waals surface area contributed by atoms with Gasteiger partial charge in [0.25, 0.3) is 5.91 Å². The van der Waals surface area contributed by atoms with Crippen molar-refractivity contribution >= 4 is 22.9 Å². The van der Waals surface area contributed by atoms with Crippen molar-refractivity contribution < 1.29 is 9.53 Å². The van der Waals surface area contributed by atoms with Gasteiger partial charge in [0.2, 0.25) is 5.95 Å². The zero-order chi connectivity index (χ0) is 18.5. The second-order valence-electron chi connectivity index (χ2n) is 6.21. The third-order valence-corrected chi connectivity index (χ3v) is 4.22. The maximum atomic E-state index is 12.2. The van der Waals surface area contributed by atoms with Crippen molar-refractivity contribution in [2.45, 2.75) is 6.42 Å². The van der Waals surface area contributed by atoms with Crippen LogP contribution in [0.4, 0.5) is 5.95 Å². The van der Waals surface area contributed by atoms with Gasteiger partial charge in [0.05, 0.1) is 11.0 Å². The molecular formula is C22H19N3O2. The van der Waals surface area contributed by atoms with Crippen molar-refractivity contribution in [1.82, 2.24) is 9.97 Å². The van der Waals surface area contributed by atoms with Crippen LogP contribution in [0.3, 0.4) is 0 Å². The lowest BCUT2D eigenvalue weighted by molar-refractivity contribution is -0.118. The average molecular weight is 357 g/mol. The summed E-state index contributed by atoms with van der Waals surface area (Å²) in [6, 6.07) is 25.6. The number of H-pyrrole nitrogens is 1. The largest absolute Gasteiger partial charge is 0.483 e. The number of carbonyl (C=O) groups excluding carboxylic acids is 1. The first-order valence-electron chi connectivity index (χ1n) is 8.77. The highest BCUT2D eigenvalue weighted by Gasteiger charge is 2.10. The molecule has 0 radical (unpaired) electrons. The molecule has 3 aromatic carbocycles. The van der Waals surface area contributed by atoms with Gasteiger partial charge in [-0.3, -0.25) is 10.1 Å². The molecule has 0 saturated heterocycles. The minimum Gasteiger partial charge on any atom is -0.483 e. The van der Waals surface area contributed by atoms with Crippen molar-refractivity contribution in [3.8, 4) is 5.75 Å². The van der Waals surface area contributed by atoms with Crippen molar-refractivity contribution in [3.63, 3.8) is 0 Å². The molecule has 0 atom stereocenters. The molecule has 0 fully saturated rings. The Bertz CT molecular complexity index is 1020. The summed E-state index contributed by atoms with van der Waals surface area (Å²) in [6.07, 6.45) is 0.752. The number of ether oxygens (including phenoxy) is 1. The topological polar surface area (TPSA) is 67.0 Å². The van der Waals surface area contributed by atoms with Gasteiger partial charge in [0, 0.05) is 6.42 Å². The van der Waals surface area contributed by atoms with Crippen LogP contribution in [0.25, 0.3) is 11.0 Å². The van der Waals surface area contributed by atoms with Crippen LogP contribution in [0.1, 0.15) is 11.1 Å². The Morgan fingerprint density at radius 2 is 1.67 bits per heavy atom. The Kier molecular flexibility index (Phi) is 4.83. The summed E-state index contributed by atoms with van der Waals surface area (Å²) in [5.41, 5.74) is 3.92. The fraction of sp³-hybridized carbons (Fsp3) is 0.0909. The van der Waals surface area contributed by atoms with Crippen molar-refractivity contribution in [3.05, 3.63) is 90.0 Å². The first kappa shape index (κ1) is 16.8. The van der Waals surface area contributed by atoms with E-state index in [0.29, 0.717) is 11.7 Å². The van der Waals surface area contributed by atoms with Crippen molar-refractivity contribution in [2.75, 3.05) is 11.9 Å². The van der Waals surface area contributed by atoms with Gasteiger partial charge in [-0.1, -0.05) is 60.7 Å². The molecule has 5 nitrogen and oxygen atoms in total. The lowest BCUT2D eigenvalue weighted by atomic mass is 10.0. The van der Waals surface area contributed by atoms with Gasteiger partial charge < -0.3 is 9.72 Å². The third-order valence-electron chi connectivity index (χ3n) is 4.22. The van der Waals surface area contributed by atoms with Gasteiger partial charge >= 0.3 is 0 Å². The molecule has 134 valence electrons. The molecule has 0 spiro atoms. The number of amides is 1. The van der Waals surface area contributed by atoms with E-state index in [1.807, 2.05) is 66.7 Å². The number of para-hydroxylation sites is 3. The molecular weight excluding hydrogens is 338 g/mol. The van der Waals surface area contributed by atoms with Crippen molar-refractivity contribution in [2.24, 2.45) is 0 Å². The summed E-state index contributed by atoms with van der Waals surface area (Å²) in [7, 11) is 0. The van der Waals surface area contributed by atoms with E-state index < -0.39 is 0 Å². The molecule has 4 aromatic rings.